The molecule has 6 heteroatoms. The summed E-state index contributed by atoms with van der Waals surface area (Å²) in [5.41, 5.74) is 1.25. The van der Waals surface area contributed by atoms with Crippen LogP contribution >= 0.6 is 0 Å². The summed E-state index contributed by atoms with van der Waals surface area (Å²) in [6, 6.07) is 6.83. The Balaban J connectivity index is 2.55. The third-order valence-corrected chi connectivity index (χ3v) is 2.49. The van der Waals surface area contributed by atoms with Crippen LogP contribution in [0.1, 0.15) is 11.1 Å². The van der Waals surface area contributed by atoms with Gasteiger partial charge in [-0.3, -0.25) is 0 Å². The van der Waals surface area contributed by atoms with Crippen LogP contribution in [0.15, 0.2) is 36.7 Å². The molecule has 0 aliphatic heterocycles. The molecule has 0 atom stereocenters. The Bertz CT molecular complexity index is 557. The SMILES string of the molecule is Cc1cccnc1/[N+]([O-])=[N+](\[O-])c1ncccc1C. The van der Waals surface area contributed by atoms with Gasteiger partial charge in [0, 0.05) is 11.1 Å². The van der Waals surface area contributed by atoms with Crippen LogP contribution in [0.2, 0.25) is 0 Å². The van der Waals surface area contributed by atoms with E-state index in [2.05, 4.69) is 9.97 Å². The van der Waals surface area contributed by atoms with E-state index in [0.717, 1.165) is 0 Å². The van der Waals surface area contributed by atoms with Crippen LogP contribution in [0.4, 0.5) is 11.6 Å². The van der Waals surface area contributed by atoms with Gasteiger partial charge in [0.1, 0.15) is 12.4 Å². The van der Waals surface area contributed by atoms with E-state index < -0.39 is 0 Å². The van der Waals surface area contributed by atoms with E-state index in [0.29, 0.717) is 11.1 Å². The molecule has 0 amide bonds. The highest BCUT2D eigenvalue weighted by Crippen LogP contribution is 2.18. The van der Waals surface area contributed by atoms with Crippen LogP contribution in [0, 0.1) is 24.3 Å². The standard InChI is InChI=1S/C12H12N4O2/c1-9-5-3-7-13-11(9)15(17)16(18)12-10(2)6-4-8-14-12/h3-8H,1-2H3/b16-15+. The number of aromatic nitrogens is 2. The molecular formula is C12H12N4O2. The number of hydrogen-bond donors (Lipinski definition) is 0. The first-order chi connectivity index (χ1) is 8.61. The zero-order chi connectivity index (χ0) is 13.1. The van der Waals surface area contributed by atoms with Gasteiger partial charge in [0.15, 0.2) is 0 Å². The number of aryl methyl sites for hydroxylation is 2. The summed E-state index contributed by atoms with van der Waals surface area (Å²) in [6.45, 7) is 3.43. The van der Waals surface area contributed by atoms with Crippen LogP contribution in [-0.4, -0.2) is 19.7 Å². The zero-order valence-electron chi connectivity index (χ0n) is 10.1. The van der Waals surface area contributed by atoms with Crippen molar-refractivity contribution >= 4 is 11.6 Å². The van der Waals surface area contributed by atoms with Crippen LogP contribution in [-0.2, 0) is 0 Å². The quantitative estimate of drug-likeness (QED) is 0.462. The molecule has 18 heavy (non-hydrogen) atoms. The summed E-state index contributed by atoms with van der Waals surface area (Å²) in [4.78, 5) is 8.19. The van der Waals surface area contributed by atoms with Crippen LogP contribution < -0.4 is 0 Å². The molecule has 0 bridgehead atoms. The van der Waals surface area contributed by atoms with Crippen molar-refractivity contribution < 1.29 is 9.72 Å². The third-order valence-electron chi connectivity index (χ3n) is 2.49. The molecule has 0 aromatic carbocycles. The Hall–Kier alpha value is -2.50. The molecule has 0 fully saturated rings. The van der Waals surface area contributed by atoms with Crippen molar-refractivity contribution in [2.24, 2.45) is 0 Å². The highest BCUT2D eigenvalue weighted by Gasteiger charge is 2.17. The van der Waals surface area contributed by atoms with Gasteiger partial charge < -0.3 is 10.4 Å². The highest BCUT2D eigenvalue weighted by atomic mass is 16.6. The zero-order valence-corrected chi connectivity index (χ0v) is 10.1. The molecule has 92 valence electrons. The summed E-state index contributed by atoms with van der Waals surface area (Å²) in [7, 11) is 0. The van der Waals surface area contributed by atoms with Crippen molar-refractivity contribution in [3.63, 3.8) is 0 Å². The molecule has 2 aromatic rings. The molecule has 0 saturated heterocycles. The van der Waals surface area contributed by atoms with Gasteiger partial charge in [-0.25, -0.2) is 0 Å². The summed E-state index contributed by atoms with van der Waals surface area (Å²) in [5.74, 6) is 0.134. The molecule has 2 aromatic heterocycles. The Morgan fingerprint density at radius 1 is 0.833 bits per heavy atom. The van der Waals surface area contributed by atoms with Gasteiger partial charge >= 0.3 is 11.6 Å². The molecule has 2 rings (SSSR count). The second kappa shape index (κ2) is 4.79. The molecule has 0 N–H and O–H groups in total. The van der Waals surface area contributed by atoms with E-state index in [9.17, 15) is 10.4 Å². The largest absolute Gasteiger partial charge is 0.675 e. The van der Waals surface area contributed by atoms with Crippen molar-refractivity contribution in [3.05, 3.63) is 58.2 Å². The first kappa shape index (κ1) is 12.0. The predicted octanol–water partition coefficient (Wildman–Crippen LogP) is 2.53. The number of nitrogens with zero attached hydrogens (tertiary/aromatic N) is 4. The summed E-state index contributed by atoms with van der Waals surface area (Å²) < 4.78 is 0. The fourth-order valence-corrected chi connectivity index (χ4v) is 1.53. The first-order valence-electron chi connectivity index (χ1n) is 5.39. The van der Waals surface area contributed by atoms with Gasteiger partial charge in [0.05, 0.1) is 0 Å². The molecule has 2 heterocycles. The minimum atomic E-state index is 0.0672. The van der Waals surface area contributed by atoms with E-state index in [4.69, 9.17) is 0 Å². The van der Waals surface area contributed by atoms with Crippen molar-refractivity contribution in [3.8, 4) is 0 Å². The Morgan fingerprint density at radius 2 is 1.22 bits per heavy atom. The minimum absolute atomic E-state index is 0.0672. The lowest BCUT2D eigenvalue weighted by Gasteiger charge is -2.11. The molecule has 0 aliphatic rings. The highest BCUT2D eigenvalue weighted by molar-refractivity contribution is 5.31. The smallest absolute Gasteiger partial charge is 0.366 e. The van der Waals surface area contributed by atoms with Gasteiger partial charge in [0.25, 0.3) is 0 Å². The van der Waals surface area contributed by atoms with Crippen LogP contribution in [0.25, 0.3) is 0 Å². The van der Waals surface area contributed by atoms with E-state index >= 15 is 0 Å². The van der Waals surface area contributed by atoms with Gasteiger partial charge in [-0.2, -0.15) is 0 Å². The molecule has 6 nitrogen and oxygen atoms in total. The third kappa shape index (κ3) is 2.13. The summed E-state index contributed by atoms with van der Waals surface area (Å²) >= 11 is 0. The van der Waals surface area contributed by atoms with Gasteiger partial charge in [0.2, 0.25) is 0 Å². The lowest BCUT2D eigenvalue weighted by atomic mass is 10.3. The lowest BCUT2D eigenvalue weighted by Crippen LogP contribution is -2.12. The maximum atomic E-state index is 11.9. The average Bonchev–Trinajstić information content (AvgIpc) is 2.38. The Morgan fingerprint density at radius 3 is 1.56 bits per heavy atom. The number of rotatable bonds is 2. The fraction of sp³-hybridized carbons (Fsp3) is 0.167. The van der Waals surface area contributed by atoms with Crippen LogP contribution in [0.3, 0.4) is 0 Å². The van der Waals surface area contributed by atoms with Gasteiger partial charge in [-0.15, -0.1) is 0 Å². The van der Waals surface area contributed by atoms with Gasteiger partial charge in [-0.05, 0) is 48.1 Å². The van der Waals surface area contributed by atoms with E-state index in [1.807, 2.05) is 0 Å². The maximum Gasteiger partial charge on any atom is 0.366 e. The normalized spacial score (nSPS) is 12.1. The minimum Gasteiger partial charge on any atom is -0.675 e. The summed E-state index contributed by atoms with van der Waals surface area (Å²) in [6.07, 6.45) is 2.93. The Labute approximate surface area is 104 Å². The van der Waals surface area contributed by atoms with Crippen molar-refractivity contribution in [2.75, 3.05) is 0 Å². The number of pyridine rings is 2. The Kier molecular flexibility index (Phi) is 3.18. The lowest BCUT2D eigenvalue weighted by molar-refractivity contribution is -0.899. The number of azo groups is 1. The average molecular weight is 244 g/mol. The van der Waals surface area contributed by atoms with Gasteiger partial charge in [-0.1, -0.05) is 9.72 Å². The maximum absolute atomic E-state index is 11.9. The monoisotopic (exact) mass is 244 g/mol. The van der Waals surface area contributed by atoms with Crippen molar-refractivity contribution in [2.45, 2.75) is 13.8 Å². The van der Waals surface area contributed by atoms with E-state index in [-0.39, 0.29) is 21.4 Å². The van der Waals surface area contributed by atoms with Crippen LogP contribution in [0.5, 0.6) is 0 Å². The molecule has 0 aliphatic carbocycles. The van der Waals surface area contributed by atoms with Crippen molar-refractivity contribution in [1.29, 1.82) is 0 Å². The fourth-order valence-electron chi connectivity index (χ4n) is 1.53. The second-order valence-corrected chi connectivity index (χ2v) is 3.83. The first-order valence-corrected chi connectivity index (χ1v) is 5.39. The molecule has 0 saturated carbocycles. The topological polar surface area (TPSA) is 77.9 Å². The molecule has 0 unspecified atom stereocenters. The van der Waals surface area contributed by atoms with E-state index in [1.165, 1.54) is 12.4 Å². The number of hydrogen-bond acceptors (Lipinski definition) is 4. The molecular weight excluding hydrogens is 232 g/mol. The predicted molar refractivity (Wildman–Crippen MR) is 64.5 cm³/mol. The molecule has 0 spiro atoms. The van der Waals surface area contributed by atoms with E-state index in [1.54, 1.807) is 38.1 Å². The second-order valence-electron chi connectivity index (χ2n) is 3.83. The summed E-state index contributed by atoms with van der Waals surface area (Å²) in [5, 5.41) is 23.9. The van der Waals surface area contributed by atoms with Crippen molar-refractivity contribution in [1.82, 2.24) is 9.97 Å². The molecule has 0 radical (unpaired) electrons.